The molecule has 0 saturated carbocycles. The smallest absolute Gasteiger partial charge is 0.338 e. The molecule has 0 bridgehead atoms. The number of fused-ring (bicyclic) bond motifs is 4. The number of hydrogen-bond acceptors (Lipinski definition) is 7. The largest absolute Gasteiger partial charge is 0.462 e. The van der Waals surface area contributed by atoms with Crippen LogP contribution in [0, 0.1) is 6.92 Å². The zero-order chi connectivity index (χ0) is 24.8. The van der Waals surface area contributed by atoms with Gasteiger partial charge in [0.05, 0.1) is 41.5 Å². The van der Waals surface area contributed by atoms with Gasteiger partial charge in [-0.2, -0.15) is 0 Å². The van der Waals surface area contributed by atoms with E-state index in [2.05, 4.69) is 0 Å². The lowest BCUT2D eigenvalue weighted by Crippen LogP contribution is -2.29. The first-order valence-corrected chi connectivity index (χ1v) is 12.1. The fourth-order valence-corrected chi connectivity index (χ4v) is 4.87. The van der Waals surface area contributed by atoms with Crippen molar-refractivity contribution in [3.8, 4) is 5.69 Å². The Morgan fingerprint density at radius 3 is 2.64 bits per heavy atom. The number of nitrogens with zero attached hydrogens (tertiary/aromatic N) is 5. The van der Waals surface area contributed by atoms with Crippen LogP contribution in [0.1, 0.15) is 35.9 Å². The van der Waals surface area contributed by atoms with Crippen molar-refractivity contribution in [2.45, 2.75) is 39.3 Å². The van der Waals surface area contributed by atoms with Crippen LogP contribution in [0.5, 0.6) is 0 Å². The molecule has 9 nitrogen and oxygen atoms in total. The molecule has 0 amide bonds. The number of aryl methyl sites for hydroxylation is 1. The van der Waals surface area contributed by atoms with E-state index in [1.165, 1.54) is 0 Å². The Kier molecular flexibility index (Phi) is 5.49. The topological polar surface area (TPSA) is 101 Å². The molecule has 6 rings (SSSR count). The summed E-state index contributed by atoms with van der Waals surface area (Å²) >= 11 is 0. The monoisotopic (exact) mass is 483 g/mol. The van der Waals surface area contributed by atoms with Crippen LogP contribution in [0.25, 0.3) is 38.9 Å². The highest BCUT2D eigenvalue weighted by Crippen LogP contribution is 2.29. The normalized spacial score (nSPS) is 15.8. The second-order valence-electron chi connectivity index (χ2n) is 8.90. The summed E-state index contributed by atoms with van der Waals surface area (Å²) in [5, 5.41) is 0.397. The van der Waals surface area contributed by atoms with E-state index >= 15 is 0 Å². The Labute approximate surface area is 206 Å². The molecule has 4 heterocycles. The molecule has 0 spiro atoms. The van der Waals surface area contributed by atoms with E-state index in [1.54, 1.807) is 34.3 Å². The average Bonchev–Trinajstić information content (AvgIpc) is 3.51. The first kappa shape index (κ1) is 22.4. The quantitative estimate of drug-likeness (QED) is 0.349. The second kappa shape index (κ2) is 8.83. The van der Waals surface area contributed by atoms with Gasteiger partial charge >= 0.3 is 5.97 Å². The molecule has 0 aliphatic carbocycles. The predicted molar refractivity (Wildman–Crippen MR) is 136 cm³/mol. The second-order valence-corrected chi connectivity index (χ2v) is 8.90. The van der Waals surface area contributed by atoms with E-state index in [0.717, 1.165) is 12.8 Å². The first-order chi connectivity index (χ1) is 17.5. The average molecular weight is 484 g/mol. The number of ether oxygens (including phenoxy) is 2. The van der Waals surface area contributed by atoms with Crippen molar-refractivity contribution in [3.63, 3.8) is 0 Å². The highest BCUT2D eigenvalue weighted by Gasteiger charge is 2.25. The lowest BCUT2D eigenvalue weighted by molar-refractivity contribution is 0.0526. The van der Waals surface area contributed by atoms with E-state index in [0.29, 0.717) is 63.5 Å². The minimum Gasteiger partial charge on any atom is -0.462 e. The third kappa shape index (κ3) is 3.63. The summed E-state index contributed by atoms with van der Waals surface area (Å²) < 4.78 is 14.5. The number of esters is 1. The Balaban J connectivity index is 1.66. The van der Waals surface area contributed by atoms with Gasteiger partial charge < -0.3 is 9.47 Å². The van der Waals surface area contributed by atoms with Gasteiger partial charge in [-0.05, 0) is 57.0 Å². The summed E-state index contributed by atoms with van der Waals surface area (Å²) in [6.45, 7) is 5.02. The van der Waals surface area contributed by atoms with Gasteiger partial charge in [0.25, 0.3) is 5.56 Å². The van der Waals surface area contributed by atoms with Gasteiger partial charge in [-0.3, -0.25) is 13.9 Å². The number of hydrogen-bond donors (Lipinski definition) is 0. The van der Waals surface area contributed by atoms with Crippen LogP contribution in [0.2, 0.25) is 0 Å². The zero-order valence-corrected chi connectivity index (χ0v) is 20.1. The Morgan fingerprint density at radius 1 is 1.08 bits per heavy atom. The molecule has 0 N–H and O–H groups in total. The van der Waals surface area contributed by atoms with E-state index in [9.17, 15) is 9.59 Å². The predicted octanol–water partition coefficient (Wildman–Crippen LogP) is 3.95. The van der Waals surface area contributed by atoms with Crippen molar-refractivity contribution in [1.82, 2.24) is 24.1 Å². The molecule has 3 aromatic heterocycles. The lowest BCUT2D eigenvalue weighted by Gasteiger charge is -2.14. The maximum absolute atomic E-state index is 13.9. The zero-order valence-electron chi connectivity index (χ0n) is 20.1. The van der Waals surface area contributed by atoms with Crippen LogP contribution in [-0.2, 0) is 16.0 Å². The molecule has 9 heteroatoms. The molecule has 2 aromatic carbocycles. The van der Waals surface area contributed by atoms with Crippen molar-refractivity contribution < 1.29 is 14.3 Å². The molecule has 1 aliphatic rings. The summed E-state index contributed by atoms with van der Waals surface area (Å²) in [4.78, 5) is 40.9. The van der Waals surface area contributed by atoms with Crippen molar-refractivity contribution in [1.29, 1.82) is 0 Å². The third-order valence-electron chi connectivity index (χ3n) is 6.58. The number of carbonyl (C=O) groups excluding carboxylic acids is 1. The molecule has 182 valence electrons. The summed E-state index contributed by atoms with van der Waals surface area (Å²) in [5.41, 5.74) is 3.69. The maximum atomic E-state index is 13.9. The Morgan fingerprint density at radius 2 is 1.89 bits per heavy atom. The van der Waals surface area contributed by atoms with E-state index in [-0.39, 0.29) is 18.3 Å². The fourth-order valence-electron chi connectivity index (χ4n) is 4.87. The fraction of sp³-hybridized carbons (Fsp3) is 0.296. The molecule has 0 radical (unpaired) electrons. The Hall–Kier alpha value is -4.11. The molecule has 1 atom stereocenters. The third-order valence-corrected chi connectivity index (χ3v) is 6.58. The molecular formula is C27H25N5O4. The number of carbonyl (C=O) groups is 1. The van der Waals surface area contributed by atoms with Crippen molar-refractivity contribution in [2.24, 2.45) is 0 Å². The Bertz CT molecular complexity index is 1700. The van der Waals surface area contributed by atoms with Gasteiger partial charge in [0.15, 0.2) is 11.3 Å². The molecular weight excluding hydrogens is 458 g/mol. The molecule has 1 aliphatic heterocycles. The minimum absolute atomic E-state index is 0.0119. The van der Waals surface area contributed by atoms with Crippen LogP contribution in [0.15, 0.2) is 53.3 Å². The summed E-state index contributed by atoms with van der Waals surface area (Å²) in [6.07, 6.45) is 1.89. The lowest BCUT2D eigenvalue weighted by atomic mass is 10.2. The van der Waals surface area contributed by atoms with Crippen LogP contribution < -0.4 is 5.56 Å². The van der Waals surface area contributed by atoms with Crippen LogP contribution in [0.3, 0.4) is 0 Å². The van der Waals surface area contributed by atoms with Gasteiger partial charge in [0.2, 0.25) is 0 Å². The SMILES string of the molecule is CCOC(=O)c1cccc(-n2c3nc4ccccc4nc3c3c(=O)n(C[C@H]4CCCO4)c(C)nc32)c1. The standard InChI is InChI=1S/C27H25N5O4/c1-3-35-27(34)17-8-6-9-18(14-17)32-24-22(23-25(32)30-21-12-5-4-11-20(21)29-23)26(33)31(16(2)28-24)15-19-10-7-13-36-19/h4-6,8-9,11-12,14,19H,3,7,10,13,15H2,1-2H3/t19-/m1/s1. The summed E-state index contributed by atoms with van der Waals surface area (Å²) in [5.74, 6) is 0.165. The summed E-state index contributed by atoms with van der Waals surface area (Å²) in [7, 11) is 0. The van der Waals surface area contributed by atoms with Gasteiger partial charge in [-0.1, -0.05) is 18.2 Å². The number of rotatable bonds is 5. The summed E-state index contributed by atoms with van der Waals surface area (Å²) in [6, 6.07) is 14.6. The molecule has 0 unspecified atom stereocenters. The van der Waals surface area contributed by atoms with E-state index < -0.39 is 5.97 Å². The van der Waals surface area contributed by atoms with Gasteiger partial charge in [-0.25, -0.2) is 19.7 Å². The minimum atomic E-state index is -0.417. The van der Waals surface area contributed by atoms with Crippen molar-refractivity contribution in [2.75, 3.05) is 13.2 Å². The molecule has 5 aromatic rings. The van der Waals surface area contributed by atoms with Gasteiger partial charge in [0, 0.05) is 6.61 Å². The maximum Gasteiger partial charge on any atom is 0.338 e. The molecule has 1 fully saturated rings. The molecule has 36 heavy (non-hydrogen) atoms. The highest BCUT2D eigenvalue weighted by molar-refractivity contribution is 6.06. The van der Waals surface area contributed by atoms with Crippen molar-refractivity contribution >= 4 is 39.2 Å². The van der Waals surface area contributed by atoms with Crippen LogP contribution in [0.4, 0.5) is 0 Å². The van der Waals surface area contributed by atoms with Crippen molar-refractivity contribution in [3.05, 3.63) is 70.3 Å². The van der Waals surface area contributed by atoms with E-state index in [1.807, 2.05) is 37.3 Å². The highest BCUT2D eigenvalue weighted by atomic mass is 16.5. The van der Waals surface area contributed by atoms with Crippen LogP contribution >= 0.6 is 0 Å². The van der Waals surface area contributed by atoms with Crippen LogP contribution in [-0.4, -0.2) is 49.4 Å². The molecule has 1 saturated heterocycles. The van der Waals surface area contributed by atoms with Gasteiger partial charge in [-0.15, -0.1) is 0 Å². The van der Waals surface area contributed by atoms with E-state index in [4.69, 9.17) is 24.4 Å². The number of para-hydroxylation sites is 2. The number of aromatic nitrogens is 5. The number of benzene rings is 2. The first-order valence-electron chi connectivity index (χ1n) is 12.1. The van der Waals surface area contributed by atoms with Gasteiger partial charge in [0.1, 0.15) is 16.7 Å².